The number of hydrogen-bond donors (Lipinski definition) is 2. The van der Waals surface area contributed by atoms with E-state index in [9.17, 15) is 0 Å². The average Bonchev–Trinajstić information content (AvgIpc) is 2.30. The SMILES string of the molecule is C[N+](CCCl)(CCCl)c1ccc(B(O)O)cc1.[Br-]. The number of quaternary nitrogens is 1. The molecular formula is C11H17BBrCl2NO2. The molecular weight excluding hydrogens is 340 g/mol. The van der Waals surface area contributed by atoms with E-state index in [1.807, 2.05) is 12.1 Å². The molecule has 0 aliphatic heterocycles. The number of rotatable bonds is 6. The Bertz CT molecular complexity index is 345. The van der Waals surface area contributed by atoms with E-state index in [0.29, 0.717) is 21.7 Å². The van der Waals surface area contributed by atoms with Crippen LogP contribution in [0.5, 0.6) is 0 Å². The zero-order valence-electron chi connectivity index (χ0n) is 10.2. The summed E-state index contributed by atoms with van der Waals surface area (Å²) >= 11 is 11.6. The average molecular weight is 357 g/mol. The van der Waals surface area contributed by atoms with E-state index in [4.69, 9.17) is 33.2 Å². The van der Waals surface area contributed by atoms with E-state index in [-0.39, 0.29) is 17.0 Å². The molecule has 2 N–H and O–H groups in total. The highest BCUT2D eigenvalue weighted by molar-refractivity contribution is 6.58. The van der Waals surface area contributed by atoms with E-state index in [2.05, 4.69) is 7.05 Å². The fraction of sp³-hybridized carbons (Fsp3) is 0.455. The molecule has 0 atom stereocenters. The summed E-state index contributed by atoms with van der Waals surface area (Å²) in [7, 11) is 0.638. The minimum Gasteiger partial charge on any atom is -1.00 e. The van der Waals surface area contributed by atoms with Crippen LogP contribution in [-0.2, 0) is 0 Å². The summed E-state index contributed by atoms with van der Waals surface area (Å²) in [5.74, 6) is 1.11. The fourth-order valence-electron chi connectivity index (χ4n) is 1.75. The van der Waals surface area contributed by atoms with E-state index in [1.165, 1.54) is 0 Å². The van der Waals surface area contributed by atoms with Crippen LogP contribution in [0.4, 0.5) is 5.69 Å². The van der Waals surface area contributed by atoms with Gasteiger partial charge in [0.1, 0.15) is 5.69 Å². The Hall–Kier alpha value is 0.225. The second kappa shape index (κ2) is 8.41. The Kier molecular flexibility index (Phi) is 8.51. The predicted molar refractivity (Wildman–Crippen MR) is 75.2 cm³/mol. The molecule has 0 saturated heterocycles. The summed E-state index contributed by atoms with van der Waals surface area (Å²) in [6.45, 7) is 1.57. The Morgan fingerprint density at radius 3 is 1.83 bits per heavy atom. The standard InChI is InChI=1S/C11H17BCl2NO2.BrH/c1-15(8-6-13,9-7-14)11-4-2-10(3-5-11)12(16)17;/h2-5,16-17H,6-9H2,1H3;1H/q+1;/p-1. The highest BCUT2D eigenvalue weighted by Gasteiger charge is 2.24. The first kappa shape index (κ1) is 18.2. The molecule has 0 aliphatic carbocycles. The minimum atomic E-state index is -1.43. The third-order valence-corrected chi connectivity index (χ3v) is 3.31. The topological polar surface area (TPSA) is 40.5 Å². The van der Waals surface area contributed by atoms with Gasteiger partial charge in [0.2, 0.25) is 0 Å². The number of halogens is 3. The fourth-order valence-corrected chi connectivity index (χ4v) is 2.50. The maximum absolute atomic E-state index is 9.03. The zero-order chi connectivity index (χ0) is 12.9. The van der Waals surface area contributed by atoms with E-state index < -0.39 is 7.12 Å². The molecule has 0 saturated carbocycles. The molecule has 0 radical (unpaired) electrons. The van der Waals surface area contributed by atoms with Crippen LogP contribution in [0.15, 0.2) is 24.3 Å². The molecule has 7 heteroatoms. The van der Waals surface area contributed by atoms with Gasteiger partial charge in [0, 0.05) is 0 Å². The Labute approximate surface area is 129 Å². The van der Waals surface area contributed by atoms with E-state index >= 15 is 0 Å². The first-order valence-electron chi connectivity index (χ1n) is 5.46. The van der Waals surface area contributed by atoms with Gasteiger partial charge < -0.3 is 27.0 Å². The third kappa shape index (κ3) is 4.72. The molecule has 0 aromatic heterocycles. The van der Waals surface area contributed by atoms with E-state index in [1.54, 1.807) is 12.1 Å². The highest BCUT2D eigenvalue weighted by Crippen LogP contribution is 2.20. The number of hydrogen-bond acceptors (Lipinski definition) is 2. The Balaban J connectivity index is 0.00000289. The van der Waals surface area contributed by atoms with Crippen LogP contribution in [0, 0.1) is 0 Å². The molecule has 0 heterocycles. The minimum absolute atomic E-state index is 0. The van der Waals surface area contributed by atoms with Gasteiger partial charge in [-0.15, -0.1) is 23.2 Å². The lowest BCUT2D eigenvalue weighted by Gasteiger charge is -2.33. The van der Waals surface area contributed by atoms with Crippen molar-refractivity contribution in [3.63, 3.8) is 0 Å². The van der Waals surface area contributed by atoms with Gasteiger partial charge in [0.15, 0.2) is 0 Å². The first-order valence-corrected chi connectivity index (χ1v) is 6.53. The zero-order valence-corrected chi connectivity index (χ0v) is 13.3. The predicted octanol–water partition coefficient (Wildman–Crippen LogP) is -2.21. The van der Waals surface area contributed by atoms with Crippen LogP contribution in [0.25, 0.3) is 0 Å². The first-order chi connectivity index (χ1) is 8.03. The van der Waals surface area contributed by atoms with Crippen molar-refractivity contribution in [2.45, 2.75) is 0 Å². The van der Waals surface area contributed by atoms with Gasteiger partial charge in [0.25, 0.3) is 0 Å². The van der Waals surface area contributed by atoms with Crippen molar-refractivity contribution in [3.8, 4) is 0 Å². The summed E-state index contributed by atoms with van der Waals surface area (Å²) < 4.78 is 0.648. The van der Waals surface area contributed by atoms with Crippen molar-refractivity contribution < 1.29 is 27.0 Å². The quantitative estimate of drug-likeness (QED) is 0.344. The largest absolute Gasteiger partial charge is 1.00 e. The lowest BCUT2D eigenvalue weighted by Crippen LogP contribution is -3.00. The molecule has 1 rings (SSSR count). The molecule has 0 bridgehead atoms. The second-order valence-corrected chi connectivity index (χ2v) is 4.94. The third-order valence-electron chi connectivity index (χ3n) is 2.97. The van der Waals surface area contributed by atoms with Crippen LogP contribution < -0.4 is 26.9 Å². The normalized spacial score (nSPS) is 10.9. The molecule has 0 fully saturated rings. The second-order valence-electron chi connectivity index (χ2n) is 4.19. The summed E-state index contributed by atoms with van der Waals surface area (Å²) in [6, 6.07) is 7.18. The Morgan fingerprint density at radius 1 is 1.06 bits per heavy atom. The van der Waals surface area contributed by atoms with Crippen LogP contribution in [-0.4, -0.2) is 49.1 Å². The Morgan fingerprint density at radius 2 is 1.50 bits per heavy atom. The lowest BCUT2D eigenvalue weighted by atomic mass is 9.80. The van der Waals surface area contributed by atoms with Crippen molar-refractivity contribution in [3.05, 3.63) is 24.3 Å². The van der Waals surface area contributed by atoms with Gasteiger partial charge in [-0.25, -0.2) is 0 Å². The van der Waals surface area contributed by atoms with Gasteiger partial charge in [-0.1, -0.05) is 12.1 Å². The van der Waals surface area contributed by atoms with Gasteiger partial charge >= 0.3 is 7.12 Å². The van der Waals surface area contributed by atoms with Crippen molar-refractivity contribution >= 4 is 41.5 Å². The summed E-state index contributed by atoms with van der Waals surface area (Å²) in [5, 5.41) is 18.1. The molecule has 102 valence electrons. The van der Waals surface area contributed by atoms with Crippen molar-refractivity contribution in [1.82, 2.24) is 4.48 Å². The van der Waals surface area contributed by atoms with Gasteiger partial charge in [-0.3, -0.25) is 4.48 Å². The maximum Gasteiger partial charge on any atom is 0.488 e. The summed E-state index contributed by atoms with van der Waals surface area (Å²) in [6.07, 6.45) is 0. The maximum atomic E-state index is 9.03. The lowest BCUT2D eigenvalue weighted by molar-refractivity contribution is -0.00000602. The molecule has 1 aromatic rings. The number of alkyl halides is 2. The van der Waals surface area contributed by atoms with Gasteiger partial charge in [0.05, 0.1) is 31.9 Å². The van der Waals surface area contributed by atoms with Crippen molar-refractivity contribution in [1.29, 1.82) is 0 Å². The molecule has 0 amide bonds. The summed E-state index contributed by atoms with van der Waals surface area (Å²) in [5.41, 5.74) is 1.55. The van der Waals surface area contributed by atoms with Crippen LogP contribution in [0.3, 0.4) is 0 Å². The molecule has 1 aromatic carbocycles. The monoisotopic (exact) mass is 355 g/mol. The number of nitrogens with zero attached hydrogens (tertiary/aromatic N) is 1. The highest BCUT2D eigenvalue weighted by atomic mass is 79.9. The number of benzene rings is 1. The molecule has 3 nitrogen and oxygen atoms in total. The van der Waals surface area contributed by atoms with Gasteiger partial charge in [-0.05, 0) is 17.6 Å². The molecule has 0 unspecified atom stereocenters. The van der Waals surface area contributed by atoms with E-state index in [0.717, 1.165) is 18.8 Å². The van der Waals surface area contributed by atoms with Gasteiger partial charge in [-0.2, -0.15) is 0 Å². The smallest absolute Gasteiger partial charge is 0.488 e. The van der Waals surface area contributed by atoms with Crippen molar-refractivity contribution in [2.24, 2.45) is 0 Å². The molecule has 0 spiro atoms. The van der Waals surface area contributed by atoms with Crippen LogP contribution in [0.2, 0.25) is 0 Å². The molecule has 0 aliphatic rings. The summed E-state index contributed by atoms with van der Waals surface area (Å²) in [4.78, 5) is 0. The molecule has 18 heavy (non-hydrogen) atoms. The van der Waals surface area contributed by atoms with Crippen LogP contribution in [0.1, 0.15) is 0 Å². The van der Waals surface area contributed by atoms with Crippen molar-refractivity contribution in [2.75, 3.05) is 31.9 Å². The van der Waals surface area contributed by atoms with Crippen LogP contribution >= 0.6 is 23.2 Å².